The van der Waals surface area contributed by atoms with Gasteiger partial charge in [0.05, 0.1) is 5.69 Å². The molecule has 0 fully saturated rings. The monoisotopic (exact) mass is 1010 g/mol. The van der Waals surface area contributed by atoms with Crippen LogP contribution >= 0.6 is 22.7 Å². The molecule has 1 aliphatic carbocycles. The first-order valence-corrected chi connectivity index (χ1v) is 27.9. The lowest BCUT2D eigenvalue weighted by Gasteiger charge is -2.30. The van der Waals surface area contributed by atoms with E-state index in [1.165, 1.54) is 113 Å². The summed E-state index contributed by atoms with van der Waals surface area (Å²) in [5.74, 6) is 0. The molecular weight excluding hydrogens is 957 g/mol. The van der Waals surface area contributed by atoms with Gasteiger partial charge in [-0.05, 0) is 190 Å². The summed E-state index contributed by atoms with van der Waals surface area (Å²) in [6, 6.07) is 88.5. The van der Waals surface area contributed by atoms with Crippen molar-refractivity contribution in [1.29, 1.82) is 0 Å². The van der Waals surface area contributed by atoms with Crippen molar-refractivity contribution in [2.24, 2.45) is 0 Å². The summed E-state index contributed by atoms with van der Waals surface area (Å²) in [5, 5.41) is 6.43. The van der Waals surface area contributed by atoms with Crippen LogP contribution in [0.4, 0.5) is 34.1 Å². The Bertz CT molecular complexity index is 4410. The minimum Gasteiger partial charge on any atom is -0.310 e. The van der Waals surface area contributed by atoms with Gasteiger partial charge in [-0.3, -0.25) is 0 Å². The highest BCUT2D eigenvalue weighted by atomic mass is 32.1. The van der Waals surface area contributed by atoms with Crippen LogP contribution in [0.25, 0.3) is 85.5 Å². The van der Waals surface area contributed by atoms with Crippen LogP contribution in [-0.4, -0.2) is 0 Å². The van der Waals surface area contributed by atoms with Crippen molar-refractivity contribution in [3.63, 3.8) is 0 Å². The molecule has 0 aliphatic heterocycles. The van der Waals surface area contributed by atoms with Crippen LogP contribution in [0.15, 0.2) is 237 Å². The smallest absolute Gasteiger partial charge is 0.0543 e. The molecule has 11 aromatic carbocycles. The molecule has 2 heterocycles. The van der Waals surface area contributed by atoms with E-state index < -0.39 is 0 Å². The highest BCUT2D eigenvalue weighted by Crippen LogP contribution is 2.56. The van der Waals surface area contributed by atoms with Gasteiger partial charge in [0.15, 0.2) is 0 Å². The summed E-state index contributed by atoms with van der Waals surface area (Å²) in [7, 11) is 0. The Kier molecular flexibility index (Phi) is 11.0. The zero-order chi connectivity index (χ0) is 51.2. The molecule has 0 bridgehead atoms. The normalized spacial score (nSPS) is 12.6. The molecule has 0 saturated heterocycles. The van der Waals surface area contributed by atoms with Crippen molar-refractivity contribution < 1.29 is 0 Å². The standard InChI is InChI=1S/C72H54N2S2/c1-45-25-31-54(32-26-45)73(56-19-13-17-50(39-56)53-30-38-70-64(42-53)60-22-11-12-24-68(60)76-70)58-35-36-62-65(43-58)72(4,5)66-44-67(59-21-9-10-23-61(59)71(62)66)74(55-33-27-49(28-34-55)48-15-7-6-8-16-48)57-20-14-18-51(40-57)52-29-37-69-63(41-52)46(2)47(3)75-69/h6-44H,1-5H3. The molecule has 13 aromatic rings. The van der Waals surface area contributed by atoms with E-state index in [0.29, 0.717) is 0 Å². The van der Waals surface area contributed by atoms with Crippen LogP contribution in [0.5, 0.6) is 0 Å². The van der Waals surface area contributed by atoms with E-state index in [9.17, 15) is 0 Å². The number of nitrogens with zero attached hydrogens (tertiary/aromatic N) is 2. The number of hydrogen-bond acceptors (Lipinski definition) is 4. The highest BCUT2D eigenvalue weighted by molar-refractivity contribution is 7.25. The molecule has 4 heteroatoms. The molecule has 364 valence electrons. The molecular formula is C72H54N2S2. The van der Waals surface area contributed by atoms with Gasteiger partial charge >= 0.3 is 0 Å². The molecule has 0 amide bonds. The molecule has 76 heavy (non-hydrogen) atoms. The van der Waals surface area contributed by atoms with E-state index in [2.05, 4.69) is 281 Å². The van der Waals surface area contributed by atoms with Gasteiger partial charge in [0.2, 0.25) is 0 Å². The molecule has 0 spiro atoms. The first-order valence-electron chi connectivity index (χ1n) is 26.3. The van der Waals surface area contributed by atoms with Crippen LogP contribution in [0.1, 0.15) is 41.0 Å². The topological polar surface area (TPSA) is 6.48 Å². The van der Waals surface area contributed by atoms with Crippen LogP contribution in [0, 0.1) is 20.8 Å². The Balaban J connectivity index is 0.909. The number of benzene rings is 11. The van der Waals surface area contributed by atoms with Gasteiger partial charge in [-0.1, -0.05) is 159 Å². The summed E-state index contributed by atoms with van der Waals surface area (Å²) in [6.45, 7) is 11.5. The van der Waals surface area contributed by atoms with E-state index in [4.69, 9.17) is 0 Å². The molecule has 14 rings (SSSR count). The first kappa shape index (κ1) is 46.0. The van der Waals surface area contributed by atoms with Crippen molar-refractivity contribution in [3.05, 3.63) is 264 Å². The predicted octanol–water partition coefficient (Wildman–Crippen LogP) is 21.6. The second kappa shape index (κ2) is 18.1. The van der Waals surface area contributed by atoms with Gasteiger partial charge in [-0.15, -0.1) is 22.7 Å². The SMILES string of the molecule is Cc1ccc(N(c2cccc(-c3ccc4sc5ccccc5c4c3)c2)c2ccc3c(c2)C(C)(C)c2cc(N(c4ccc(-c5ccccc5)cc4)c4cccc(-c5ccc6sc(C)c(C)c6c5)c4)c4ccccc4c2-3)cc1. The van der Waals surface area contributed by atoms with Gasteiger partial charge < -0.3 is 9.80 Å². The molecule has 2 nitrogen and oxygen atoms in total. The molecule has 0 N–H and O–H groups in total. The van der Waals surface area contributed by atoms with Crippen molar-refractivity contribution in [1.82, 2.24) is 0 Å². The Morgan fingerprint density at radius 1 is 0.329 bits per heavy atom. The first-order chi connectivity index (χ1) is 37.1. The lowest BCUT2D eigenvalue weighted by atomic mass is 9.81. The molecule has 1 aliphatic rings. The second-order valence-corrected chi connectivity index (χ2v) is 23.4. The maximum atomic E-state index is 2.51. The van der Waals surface area contributed by atoms with E-state index in [0.717, 1.165) is 34.1 Å². The van der Waals surface area contributed by atoms with Crippen molar-refractivity contribution in [2.45, 2.75) is 40.0 Å². The van der Waals surface area contributed by atoms with Crippen LogP contribution in [0.3, 0.4) is 0 Å². The Morgan fingerprint density at radius 2 is 0.842 bits per heavy atom. The Hall–Kier alpha value is -8.54. The fraction of sp³-hybridized carbons (Fsp3) is 0.0833. The van der Waals surface area contributed by atoms with Crippen LogP contribution < -0.4 is 9.80 Å². The summed E-state index contributed by atoms with van der Waals surface area (Å²) in [4.78, 5) is 6.31. The van der Waals surface area contributed by atoms with Crippen molar-refractivity contribution in [3.8, 4) is 44.5 Å². The molecule has 0 radical (unpaired) electrons. The van der Waals surface area contributed by atoms with Gasteiger partial charge in [-0.25, -0.2) is 0 Å². The predicted molar refractivity (Wildman–Crippen MR) is 330 cm³/mol. The van der Waals surface area contributed by atoms with E-state index in [1.54, 1.807) is 0 Å². The van der Waals surface area contributed by atoms with Gasteiger partial charge in [0.1, 0.15) is 0 Å². The Morgan fingerprint density at radius 3 is 1.57 bits per heavy atom. The third-order valence-electron chi connectivity index (χ3n) is 16.1. The minimum absolute atomic E-state index is 0.338. The molecule has 0 saturated carbocycles. The highest BCUT2D eigenvalue weighted by Gasteiger charge is 2.39. The zero-order valence-electron chi connectivity index (χ0n) is 43.2. The minimum atomic E-state index is -0.338. The second-order valence-electron chi connectivity index (χ2n) is 21.0. The number of fused-ring (bicyclic) bond motifs is 9. The lowest BCUT2D eigenvalue weighted by Crippen LogP contribution is -2.18. The average molecular weight is 1010 g/mol. The summed E-state index contributed by atoms with van der Waals surface area (Å²) < 4.78 is 3.98. The van der Waals surface area contributed by atoms with Crippen molar-refractivity contribution in [2.75, 3.05) is 9.80 Å². The third kappa shape index (κ3) is 7.66. The number of aryl methyl sites for hydroxylation is 3. The van der Waals surface area contributed by atoms with E-state index in [1.807, 2.05) is 22.7 Å². The van der Waals surface area contributed by atoms with E-state index >= 15 is 0 Å². The van der Waals surface area contributed by atoms with Crippen molar-refractivity contribution >= 4 is 97.8 Å². The average Bonchev–Trinajstić information content (AvgIpc) is 4.18. The Labute approximate surface area is 453 Å². The fourth-order valence-electron chi connectivity index (χ4n) is 12.0. The summed E-state index contributed by atoms with van der Waals surface area (Å²) in [6.07, 6.45) is 0. The number of thiophene rings is 2. The quantitative estimate of drug-likeness (QED) is 0.142. The number of anilines is 6. The fourth-order valence-corrected chi connectivity index (χ4v) is 14.1. The zero-order valence-corrected chi connectivity index (χ0v) is 44.9. The molecule has 0 unspecified atom stereocenters. The van der Waals surface area contributed by atoms with Gasteiger partial charge in [-0.2, -0.15) is 0 Å². The maximum Gasteiger partial charge on any atom is 0.0543 e. The largest absolute Gasteiger partial charge is 0.310 e. The van der Waals surface area contributed by atoms with Gasteiger partial charge in [0.25, 0.3) is 0 Å². The molecule has 2 aromatic heterocycles. The summed E-state index contributed by atoms with van der Waals surface area (Å²) >= 11 is 3.75. The third-order valence-corrected chi connectivity index (χ3v) is 18.4. The van der Waals surface area contributed by atoms with Crippen LogP contribution in [-0.2, 0) is 5.41 Å². The molecule has 0 atom stereocenters. The summed E-state index contributed by atoms with van der Waals surface area (Å²) in [5.41, 5.74) is 21.5. The van der Waals surface area contributed by atoms with Crippen LogP contribution in [0.2, 0.25) is 0 Å². The number of hydrogen-bond donors (Lipinski definition) is 0. The lowest BCUT2D eigenvalue weighted by molar-refractivity contribution is 0.661. The van der Waals surface area contributed by atoms with E-state index in [-0.39, 0.29) is 5.41 Å². The number of rotatable bonds is 9. The van der Waals surface area contributed by atoms with Gasteiger partial charge in [0, 0.05) is 69.0 Å². The maximum absolute atomic E-state index is 2.51.